The molecule has 8 nitrogen and oxygen atoms in total. The number of phenolic OH excluding ortho intramolecular Hbond substituents is 1. The number of allylic oxidation sites excluding steroid dienone is 2. The van der Waals surface area contributed by atoms with Crippen molar-refractivity contribution in [2.75, 3.05) is 24.1 Å². The van der Waals surface area contributed by atoms with Crippen molar-refractivity contribution in [1.82, 2.24) is 9.97 Å². The molecule has 0 bridgehead atoms. The van der Waals surface area contributed by atoms with Gasteiger partial charge >= 0.3 is 166 Å². The Kier molecular flexibility index (Phi) is 7.33. The number of alkyl halides is 1. The molecule has 36 heavy (non-hydrogen) atoms. The third kappa shape index (κ3) is 5.00. The fraction of sp³-hybridized carbons (Fsp3) is 0.115. The summed E-state index contributed by atoms with van der Waals surface area (Å²) >= 11 is 1.12. The molecule has 2 heterocycles. The summed E-state index contributed by atoms with van der Waals surface area (Å²) in [7, 11) is 1.63. The number of aromatic hydroxyl groups is 1. The molecule has 10 heteroatoms. The number of benzene rings is 2. The number of anilines is 1. The standard InChI is InChI=1S/C26H22IN4O4S/c1-27-35-20-9-4-3-8-18(20)24-23(33-2)22-25(36-24)26(29-15-28-22)31-30-13-17-10-11-21(19(32)12-17)34-14-16-6-5-7-16/h3-13,15,32H,14H2,1-2H3,(H,28,29,31)/q-1/b30-13+. The molecule has 0 unspecified atom stereocenters. The number of methoxy groups -OCH3 is 1. The van der Waals surface area contributed by atoms with Gasteiger partial charge in [-0.05, 0) is 11.6 Å². The van der Waals surface area contributed by atoms with Crippen molar-refractivity contribution in [2.45, 2.75) is 0 Å². The fourth-order valence-electron chi connectivity index (χ4n) is 3.53. The molecule has 0 saturated heterocycles. The Balaban J connectivity index is 1.38. The molecule has 0 atom stereocenters. The van der Waals surface area contributed by atoms with E-state index in [1.54, 1.807) is 25.5 Å². The maximum atomic E-state index is 10.3. The SMILES string of the molecule is COc1c(-c2ccccc2O[I-]C)sc2c(N/N=C/c3ccc(OCC4=CC=C4)c(O)c3)ncnc12. The number of nitrogens with zero attached hydrogens (tertiary/aromatic N) is 3. The number of fused-ring (bicyclic) bond motifs is 1. The Morgan fingerprint density at radius 2 is 2.03 bits per heavy atom. The Morgan fingerprint density at radius 1 is 1.17 bits per heavy atom. The van der Waals surface area contributed by atoms with Crippen LogP contribution in [-0.2, 0) is 0 Å². The molecule has 5 rings (SSSR count). The van der Waals surface area contributed by atoms with Crippen LogP contribution >= 0.6 is 11.3 Å². The van der Waals surface area contributed by atoms with Crippen LogP contribution in [0, 0.1) is 0 Å². The Morgan fingerprint density at radius 3 is 2.78 bits per heavy atom. The number of hydrazone groups is 1. The third-order valence-electron chi connectivity index (χ3n) is 5.31. The van der Waals surface area contributed by atoms with E-state index in [4.69, 9.17) is 12.5 Å². The second-order valence-corrected chi connectivity index (χ2v) is 9.92. The van der Waals surface area contributed by atoms with Crippen molar-refractivity contribution in [3.8, 4) is 33.4 Å². The topological polar surface area (TPSA) is 98.1 Å². The molecule has 0 amide bonds. The monoisotopic (exact) mass is 613 g/mol. The van der Waals surface area contributed by atoms with Gasteiger partial charge in [0.25, 0.3) is 0 Å². The van der Waals surface area contributed by atoms with Crippen LogP contribution in [0.25, 0.3) is 20.7 Å². The van der Waals surface area contributed by atoms with E-state index in [1.807, 2.05) is 48.6 Å². The number of thiophene rings is 1. The van der Waals surface area contributed by atoms with Crippen LogP contribution < -0.4 is 39.6 Å². The fourth-order valence-corrected chi connectivity index (χ4v) is 5.58. The zero-order chi connectivity index (χ0) is 24.9. The van der Waals surface area contributed by atoms with Crippen LogP contribution in [0.2, 0.25) is 0 Å². The van der Waals surface area contributed by atoms with Gasteiger partial charge in [-0.1, -0.05) is 18.2 Å². The van der Waals surface area contributed by atoms with Gasteiger partial charge in [-0.15, -0.1) is 0 Å². The van der Waals surface area contributed by atoms with Gasteiger partial charge in [-0.3, -0.25) is 0 Å². The molecule has 184 valence electrons. The predicted octanol–water partition coefficient (Wildman–Crippen LogP) is 2.41. The molecule has 0 saturated carbocycles. The van der Waals surface area contributed by atoms with Crippen molar-refractivity contribution in [3.63, 3.8) is 0 Å². The maximum absolute atomic E-state index is 10.3. The summed E-state index contributed by atoms with van der Waals surface area (Å²) in [6.45, 7) is 0.422. The van der Waals surface area contributed by atoms with E-state index < -0.39 is 21.6 Å². The first kappa shape index (κ1) is 24.1. The van der Waals surface area contributed by atoms with Gasteiger partial charge in [0.05, 0.1) is 0 Å². The van der Waals surface area contributed by atoms with E-state index in [1.165, 1.54) is 17.7 Å². The van der Waals surface area contributed by atoms with Gasteiger partial charge < -0.3 is 9.84 Å². The first-order valence-corrected chi connectivity index (χ1v) is 14.7. The quantitative estimate of drug-likeness (QED) is 0.123. The number of halogens is 1. The molecule has 2 aromatic carbocycles. The summed E-state index contributed by atoms with van der Waals surface area (Å²) in [5, 5.41) is 14.6. The summed E-state index contributed by atoms with van der Waals surface area (Å²) in [6.07, 6.45) is 8.97. The van der Waals surface area contributed by atoms with E-state index in [2.05, 4.69) is 25.4 Å². The van der Waals surface area contributed by atoms with Gasteiger partial charge in [-0.2, -0.15) is 0 Å². The third-order valence-corrected chi connectivity index (χ3v) is 7.42. The van der Waals surface area contributed by atoms with Crippen LogP contribution in [0.15, 0.2) is 77.7 Å². The zero-order valence-electron chi connectivity index (χ0n) is 19.4. The van der Waals surface area contributed by atoms with Crippen LogP contribution in [0.5, 0.6) is 23.0 Å². The number of aromatic nitrogens is 2. The number of nitrogens with one attached hydrogen (secondary N) is 1. The molecule has 0 fully saturated rings. The zero-order valence-corrected chi connectivity index (χ0v) is 22.4. The predicted molar refractivity (Wildman–Crippen MR) is 138 cm³/mol. The Hall–Kier alpha value is -3.64. The molecular formula is C26H22IN4O4S-. The number of hydrogen-bond donors (Lipinski definition) is 2. The number of para-hydroxylation sites is 1. The van der Waals surface area contributed by atoms with Crippen molar-refractivity contribution in [1.29, 1.82) is 0 Å². The van der Waals surface area contributed by atoms with Crippen molar-refractivity contribution < 1.29 is 39.3 Å². The summed E-state index contributed by atoms with van der Waals surface area (Å²) in [4.78, 5) is 11.8. The van der Waals surface area contributed by atoms with Crippen molar-refractivity contribution >= 4 is 33.6 Å². The molecular weight excluding hydrogens is 591 g/mol. The Bertz CT molecular complexity index is 1500. The van der Waals surface area contributed by atoms with Gasteiger partial charge in [0.15, 0.2) is 11.5 Å². The van der Waals surface area contributed by atoms with E-state index in [0.717, 1.165) is 26.5 Å². The molecule has 0 aliphatic heterocycles. The van der Waals surface area contributed by atoms with Gasteiger partial charge in [0.2, 0.25) is 0 Å². The average Bonchev–Trinajstić information content (AvgIpc) is 3.24. The second-order valence-electron chi connectivity index (χ2n) is 7.58. The molecule has 1 aliphatic carbocycles. The minimum absolute atomic E-state index is 0.0512. The molecule has 4 aromatic rings. The number of rotatable bonds is 10. The normalized spacial score (nSPS) is 12.6. The van der Waals surface area contributed by atoms with E-state index in [0.29, 0.717) is 35.0 Å². The van der Waals surface area contributed by atoms with Gasteiger partial charge in [0.1, 0.15) is 6.61 Å². The van der Waals surface area contributed by atoms with Gasteiger partial charge in [0, 0.05) is 0 Å². The Labute approximate surface area is 222 Å². The van der Waals surface area contributed by atoms with E-state index >= 15 is 0 Å². The van der Waals surface area contributed by atoms with Crippen LogP contribution in [0.3, 0.4) is 0 Å². The number of hydrogen-bond acceptors (Lipinski definition) is 9. The molecule has 2 aromatic heterocycles. The minimum atomic E-state index is -0.391. The first-order valence-electron chi connectivity index (χ1n) is 10.9. The molecule has 0 spiro atoms. The van der Waals surface area contributed by atoms with Crippen LogP contribution in [-0.4, -0.2) is 39.9 Å². The second kappa shape index (κ2) is 11.0. The summed E-state index contributed by atoms with van der Waals surface area (Å²) < 4.78 is 18.1. The van der Waals surface area contributed by atoms with E-state index in [9.17, 15) is 5.11 Å². The summed E-state index contributed by atoms with van der Waals surface area (Å²) in [6, 6.07) is 13.0. The molecule has 2 N–H and O–H groups in total. The van der Waals surface area contributed by atoms with Gasteiger partial charge in [-0.25, -0.2) is 0 Å². The molecule has 1 aliphatic rings. The average molecular weight is 613 g/mol. The van der Waals surface area contributed by atoms with Crippen molar-refractivity contribution in [2.24, 2.45) is 5.10 Å². The number of phenols is 1. The first-order chi connectivity index (χ1) is 17.7. The number of ether oxygens (including phenoxy) is 2. The summed E-state index contributed by atoms with van der Waals surface area (Å²) in [5.74, 6) is 2.52. The van der Waals surface area contributed by atoms with Crippen LogP contribution in [0.1, 0.15) is 5.56 Å². The van der Waals surface area contributed by atoms with Crippen molar-refractivity contribution in [3.05, 3.63) is 78.2 Å². The summed E-state index contributed by atoms with van der Waals surface area (Å²) in [5.41, 5.74) is 6.44. The molecule has 0 radical (unpaired) electrons. The van der Waals surface area contributed by atoms with Crippen LogP contribution in [0.4, 0.5) is 5.82 Å². The van der Waals surface area contributed by atoms with E-state index in [-0.39, 0.29) is 5.75 Å².